The van der Waals surface area contributed by atoms with E-state index in [1.807, 2.05) is 0 Å². The first kappa shape index (κ1) is 16.3. The molecule has 0 aromatic heterocycles. The maximum absolute atomic E-state index is 5.61. The van der Waals surface area contributed by atoms with E-state index in [2.05, 4.69) is 45.0 Å². The summed E-state index contributed by atoms with van der Waals surface area (Å²) in [4.78, 5) is 2.57. The third-order valence-corrected chi connectivity index (χ3v) is 5.40. The molecule has 0 aromatic carbocycles. The largest absolute Gasteiger partial charge is 0.381 e. The van der Waals surface area contributed by atoms with Gasteiger partial charge in [-0.3, -0.25) is 0 Å². The van der Waals surface area contributed by atoms with E-state index in [1.165, 1.54) is 38.8 Å². The van der Waals surface area contributed by atoms with Gasteiger partial charge < -0.3 is 15.0 Å². The lowest BCUT2D eigenvalue weighted by molar-refractivity contribution is -0.0141. The highest BCUT2D eigenvalue weighted by molar-refractivity contribution is 4.92. The van der Waals surface area contributed by atoms with Crippen molar-refractivity contribution >= 4 is 0 Å². The van der Waals surface area contributed by atoms with Gasteiger partial charge >= 0.3 is 0 Å². The van der Waals surface area contributed by atoms with Gasteiger partial charge in [0.2, 0.25) is 0 Å². The van der Waals surface area contributed by atoms with E-state index in [-0.39, 0.29) is 0 Å². The number of hydrogen-bond acceptors (Lipinski definition) is 3. The maximum atomic E-state index is 5.61. The minimum atomic E-state index is 0.338. The van der Waals surface area contributed by atoms with Crippen LogP contribution in [0.3, 0.4) is 0 Å². The lowest BCUT2D eigenvalue weighted by Gasteiger charge is -2.44. The molecule has 1 heterocycles. The molecular weight excluding hydrogens is 248 g/mol. The fourth-order valence-corrected chi connectivity index (χ4v) is 3.17. The van der Waals surface area contributed by atoms with Crippen LogP contribution in [0.1, 0.15) is 53.4 Å². The van der Waals surface area contributed by atoms with Gasteiger partial charge in [-0.2, -0.15) is 0 Å². The van der Waals surface area contributed by atoms with Gasteiger partial charge in [-0.1, -0.05) is 20.8 Å². The third-order valence-electron chi connectivity index (χ3n) is 5.40. The van der Waals surface area contributed by atoms with Crippen LogP contribution in [0, 0.1) is 10.8 Å². The molecule has 20 heavy (non-hydrogen) atoms. The molecule has 1 N–H and O–H groups in total. The average Bonchev–Trinajstić information content (AvgIpc) is 3.19. The molecule has 1 aliphatic heterocycles. The summed E-state index contributed by atoms with van der Waals surface area (Å²) in [7, 11) is 2.30. The van der Waals surface area contributed by atoms with Crippen molar-refractivity contribution in [2.75, 3.05) is 33.4 Å². The Morgan fingerprint density at radius 3 is 2.35 bits per heavy atom. The molecular formula is C17H34N2O. The van der Waals surface area contributed by atoms with Crippen LogP contribution in [-0.4, -0.2) is 50.3 Å². The second-order valence-corrected chi connectivity index (χ2v) is 8.22. The van der Waals surface area contributed by atoms with Gasteiger partial charge in [-0.15, -0.1) is 0 Å². The van der Waals surface area contributed by atoms with E-state index in [0.29, 0.717) is 16.9 Å². The van der Waals surface area contributed by atoms with Crippen LogP contribution < -0.4 is 5.32 Å². The highest BCUT2D eigenvalue weighted by Gasteiger charge is 2.37. The van der Waals surface area contributed by atoms with Gasteiger partial charge in [0, 0.05) is 38.4 Å². The van der Waals surface area contributed by atoms with Crippen LogP contribution in [-0.2, 0) is 4.74 Å². The summed E-state index contributed by atoms with van der Waals surface area (Å²) in [5.74, 6) is 0. The summed E-state index contributed by atoms with van der Waals surface area (Å²) in [6.07, 6.45) is 5.16. The molecule has 1 aliphatic carbocycles. The van der Waals surface area contributed by atoms with Crippen molar-refractivity contribution in [2.24, 2.45) is 10.8 Å². The number of nitrogens with zero attached hydrogens (tertiary/aromatic N) is 1. The van der Waals surface area contributed by atoms with Crippen LogP contribution in [0.5, 0.6) is 0 Å². The summed E-state index contributed by atoms with van der Waals surface area (Å²) in [5.41, 5.74) is 0.750. The Morgan fingerprint density at radius 2 is 1.85 bits per heavy atom. The summed E-state index contributed by atoms with van der Waals surface area (Å²) in [6.45, 7) is 13.6. The molecule has 1 saturated heterocycles. The highest BCUT2D eigenvalue weighted by atomic mass is 16.5. The topological polar surface area (TPSA) is 24.5 Å². The molecule has 0 bridgehead atoms. The Bertz CT molecular complexity index is 301. The second-order valence-electron chi connectivity index (χ2n) is 8.22. The number of nitrogens with one attached hydrogen (secondary N) is 1. The van der Waals surface area contributed by atoms with Crippen LogP contribution in [0.15, 0.2) is 0 Å². The quantitative estimate of drug-likeness (QED) is 0.811. The van der Waals surface area contributed by atoms with Crippen molar-refractivity contribution in [2.45, 2.75) is 65.5 Å². The average molecular weight is 282 g/mol. The van der Waals surface area contributed by atoms with E-state index in [4.69, 9.17) is 4.74 Å². The summed E-state index contributed by atoms with van der Waals surface area (Å²) < 4.78 is 5.61. The van der Waals surface area contributed by atoms with Crippen molar-refractivity contribution in [3.05, 3.63) is 0 Å². The third kappa shape index (κ3) is 4.44. The summed E-state index contributed by atoms with van der Waals surface area (Å²) >= 11 is 0. The van der Waals surface area contributed by atoms with E-state index >= 15 is 0 Å². The molecule has 0 spiro atoms. The van der Waals surface area contributed by atoms with Crippen LogP contribution in [0.25, 0.3) is 0 Å². The van der Waals surface area contributed by atoms with Gasteiger partial charge in [0.05, 0.1) is 0 Å². The van der Waals surface area contributed by atoms with E-state index in [1.54, 1.807) is 0 Å². The van der Waals surface area contributed by atoms with Crippen molar-refractivity contribution < 1.29 is 4.74 Å². The molecule has 3 heteroatoms. The molecule has 2 aliphatic rings. The minimum Gasteiger partial charge on any atom is -0.381 e. The Balaban J connectivity index is 1.94. The smallest absolute Gasteiger partial charge is 0.0472 e. The van der Waals surface area contributed by atoms with Crippen LogP contribution in [0.2, 0.25) is 0 Å². The highest BCUT2D eigenvalue weighted by Crippen LogP contribution is 2.34. The first-order valence-electron chi connectivity index (χ1n) is 8.34. The SMILES string of the molecule is CC(N(C)CC1(CNC2CC2)CCOCC1)C(C)(C)C. The van der Waals surface area contributed by atoms with Crippen molar-refractivity contribution in [1.29, 1.82) is 0 Å². The lowest BCUT2D eigenvalue weighted by atomic mass is 9.78. The van der Waals surface area contributed by atoms with Gasteiger partial charge in [0.25, 0.3) is 0 Å². The predicted molar refractivity (Wildman–Crippen MR) is 85.1 cm³/mol. The molecule has 2 fully saturated rings. The Hall–Kier alpha value is -0.120. The van der Waals surface area contributed by atoms with Crippen LogP contribution in [0.4, 0.5) is 0 Å². The van der Waals surface area contributed by atoms with Crippen molar-refractivity contribution in [3.8, 4) is 0 Å². The zero-order valence-electron chi connectivity index (χ0n) is 14.2. The fourth-order valence-electron chi connectivity index (χ4n) is 3.17. The Kier molecular flexibility index (Phi) is 5.14. The van der Waals surface area contributed by atoms with Crippen LogP contribution >= 0.6 is 0 Å². The molecule has 2 rings (SSSR count). The van der Waals surface area contributed by atoms with Crippen molar-refractivity contribution in [3.63, 3.8) is 0 Å². The molecule has 0 radical (unpaired) electrons. The minimum absolute atomic E-state index is 0.338. The van der Waals surface area contributed by atoms with Crippen molar-refractivity contribution in [1.82, 2.24) is 10.2 Å². The van der Waals surface area contributed by atoms with E-state index in [0.717, 1.165) is 19.3 Å². The molecule has 1 unspecified atom stereocenters. The maximum Gasteiger partial charge on any atom is 0.0472 e. The summed E-state index contributed by atoms with van der Waals surface area (Å²) in [5, 5.41) is 3.77. The molecule has 0 aromatic rings. The zero-order chi connectivity index (χ0) is 14.8. The number of rotatable bonds is 6. The van der Waals surface area contributed by atoms with E-state index < -0.39 is 0 Å². The van der Waals surface area contributed by atoms with E-state index in [9.17, 15) is 0 Å². The molecule has 1 atom stereocenters. The second kappa shape index (κ2) is 6.33. The Labute approximate surface area is 125 Å². The monoisotopic (exact) mass is 282 g/mol. The number of hydrogen-bond donors (Lipinski definition) is 1. The first-order chi connectivity index (χ1) is 9.32. The molecule has 118 valence electrons. The van der Waals surface area contributed by atoms with Gasteiger partial charge in [-0.25, -0.2) is 0 Å². The predicted octanol–water partition coefficient (Wildman–Crippen LogP) is 2.90. The molecule has 0 amide bonds. The van der Waals surface area contributed by atoms with Gasteiger partial charge in [0.15, 0.2) is 0 Å². The number of ether oxygens (including phenoxy) is 1. The van der Waals surface area contributed by atoms with Gasteiger partial charge in [-0.05, 0) is 50.5 Å². The standard InChI is InChI=1S/C17H34N2O/c1-14(16(2,3)4)19(5)13-17(8-10-20-11-9-17)12-18-15-6-7-15/h14-15,18H,6-13H2,1-5H3. The molecule has 3 nitrogen and oxygen atoms in total. The lowest BCUT2D eigenvalue weighted by Crippen LogP contribution is -2.51. The fraction of sp³-hybridized carbons (Fsp3) is 1.00. The Morgan fingerprint density at radius 1 is 1.25 bits per heavy atom. The normalized spacial score (nSPS) is 24.9. The zero-order valence-corrected chi connectivity index (χ0v) is 14.2. The first-order valence-corrected chi connectivity index (χ1v) is 8.34. The summed E-state index contributed by atoms with van der Waals surface area (Å²) in [6, 6.07) is 1.41. The van der Waals surface area contributed by atoms with Gasteiger partial charge in [0.1, 0.15) is 0 Å². The molecule has 1 saturated carbocycles.